The van der Waals surface area contributed by atoms with Crippen molar-refractivity contribution < 1.29 is 28.5 Å². The fraction of sp³-hybridized carbons (Fsp3) is 0.938. The molecule has 1 saturated heterocycles. The number of likely N-dealkylation sites (N-methyl/N-ethyl adjacent to an activating group) is 1. The second-order valence-electron chi connectivity index (χ2n) is 11.5. The number of unbranched alkanes of at least 4 members (excludes halogenated alkanes) is 10. The minimum Gasteiger partial charge on any atom is -0.465 e. The van der Waals surface area contributed by atoms with Gasteiger partial charge >= 0.3 is 12.1 Å². The van der Waals surface area contributed by atoms with E-state index in [1.807, 2.05) is 6.92 Å². The zero-order valence-electron chi connectivity index (χ0n) is 26.4. The summed E-state index contributed by atoms with van der Waals surface area (Å²) in [6.45, 7) is 13.2. The van der Waals surface area contributed by atoms with Crippen molar-refractivity contribution in [2.24, 2.45) is 5.92 Å². The monoisotopic (exact) mass is 570 g/mol. The van der Waals surface area contributed by atoms with E-state index in [-0.39, 0.29) is 43.9 Å². The summed E-state index contributed by atoms with van der Waals surface area (Å²) in [6.07, 6.45) is 16.6. The third kappa shape index (κ3) is 20.5. The number of amides is 1. The van der Waals surface area contributed by atoms with Crippen LogP contribution in [0.3, 0.4) is 0 Å². The number of hydrogen-bond donors (Lipinski definition) is 1. The van der Waals surface area contributed by atoms with Crippen molar-refractivity contribution in [3.63, 3.8) is 0 Å². The summed E-state index contributed by atoms with van der Waals surface area (Å²) in [7, 11) is 0. The highest BCUT2D eigenvalue weighted by atomic mass is 16.7. The first-order valence-corrected chi connectivity index (χ1v) is 16.5. The number of rotatable bonds is 25. The van der Waals surface area contributed by atoms with Crippen molar-refractivity contribution >= 4 is 12.1 Å². The standard InChI is InChI=1S/C32H62N2O6/c1-5-8-10-12-14-16-23-37-31(38-24-17-15-13-11-9-6-2)21-20-30(35)39-26-28(4)27-40-32(36)33-29-19-18-22-34(7-3)25-29/h28-29,31H,5-27H2,1-4H3,(H,33,36). The summed E-state index contributed by atoms with van der Waals surface area (Å²) in [4.78, 5) is 26.9. The van der Waals surface area contributed by atoms with Crippen LogP contribution in [0.2, 0.25) is 0 Å². The molecule has 1 rings (SSSR count). The van der Waals surface area contributed by atoms with Crippen molar-refractivity contribution in [3.05, 3.63) is 0 Å². The normalized spacial score (nSPS) is 16.7. The summed E-state index contributed by atoms with van der Waals surface area (Å²) in [6, 6.07) is 0.133. The summed E-state index contributed by atoms with van der Waals surface area (Å²) < 4.78 is 22.9. The van der Waals surface area contributed by atoms with Crippen molar-refractivity contribution in [3.8, 4) is 0 Å². The maximum absolute atomic E-state index is 12.4. The van der Waals surface area contributed by atoms with E-state index in [9.17, 15) is 9.59 Å². The van der Waals surface area contributed by atoms with E-state index in [1.54, 1.807) is 0 Å². The van der Waals surface area contributed by atoms with Gasteiger partial charge in [-0.05, 0) is 38.8 Å². The van der Waals surface area contributed by atoms with E-state index in [0.29, 0.717) is 19.6 Å². The van der Waals surface area contributed by atoms with Crippen LogP contribution in [0.1, 0.15) is 130 Å². The lowest BCUT2D eigenvalue weighted by Gasteiger charge is -2.32. The van der Waals surface area contributed by atoms with Gasteiger partial charge in [0.05, 0.1) is 19.6 Å². The summed E-state index contributed by atoms with van der Waals surface area (Å²) in [5, 5.41) is 2.96. The molecule has 1 amide bonds. The van der Waals surface area contributed by atoms with Crippen molar-refractivity contribution in [1.82, 2.24) is 10.2 Å². The van der Waals surface area contributed by atoms with Crippen LogP contribution in [-0.4, -0.2) is 75.4 Å². The van der Waals surface area contributed by atoms with Gasteiger partial charge in [0.2, 0.25) is 0 Å². The largest absolute Gasteiger partial charge is 0.465 e. The Balaban J connectivity index is 2.25. The van der Waals surface area contributed by atoms with E-state index < -0.39 is 6.09 Å². The first-order chi connectivity index (χ1) is 19.5. The van der Waals surface area contributed by atoms with Gasteiger partial charge in [0.25, 0.3) is 0 Å². The molecule has 2 unspecified atom stereocenters. The summed E-state index contributed by atoms with van der Waals surface area (Å²) >= 11 is 0. The number of carbonyl (C=O) groups excluding carboxylic acids is 2. The molecule has 0 saturated carbocycles. The van der Waals surface area contributed by atoms with Crippen molar-refractivity contribution in [2.45, 2.75) is 143 Å². The lowest BCUT2D eigenvalue weighted by Crippen LogP contribution is -2.47. The number of alkyl carbamates (subject to hydrolysis) is 1. The average molecular weight is 571 g/mol. The molecule has 1 N–H and O–H groups in total. The molecule has 0 aromatic rings. The highest BCUT2D eigenvalue weighted by Crippen LogP contribution is 2.13. The minimum atomic E-state index is -0.394. The van der Waals surface area contributed by atoms with Gasteiger partial charge in [-0.2, -0.15) is 0 Å². The van der Waals surface area contributed by atoms with Crippen LogP contribution >= 0.6 is 0 Å². The number of hydrogen-bond acceptors (Lipinski definition) is 7. The number of nitrogens with zero attached hydrogens (tertiary/aromatic N) is 1. The van der Waals surface area contributed by atoms with Gasteiger partial charge in [-0.25, -0.2) is 4.79 Å². The first-order valence-electron chi connectivity index (χ1n) is 16.5. The molecule has 2 atom stereocenters. The molecule has 40 heavy (non-hydrogen) atoms. The van der Waals surface area contributed by atoms with Gasteiger partial charge in [-0.3, -0.25) is 4.79 Å². The number of piperidine rings is 1. The van der Waals surface area contributed by atoms with Gasteiger partial charge in [-0.1, -0.05) is 91.9 Å². The molecule has 0 aliphatic carbocycles. The number of carbonyl (C=O) groups is 2. The van der Waals surface area contributed by atoms with Crippen LogP contribution < -0.4 is 5.32 Å². The fourth-order valence-corrected chi connectivity index (χ4v) is 4.89. The maximum Gasteiger partial charge on any atom is 0.407 e. The van der Waals surface area contributed by atoms with E-state index in [0.717, 1.165) is 45.3 Å². The Kier molecular flexibility index (Phi) is 23.2. The number of ether oxygens (including phenoxy) is 4. The quantitative estimate of drug-likeness (QED) is 0.0703. The average Bonchev–Trinajstić information content (AvgIpc) is 2.96. The molecule has 1 fully saturated rings. The molecular weight excluding hydrogens is 508 g/mol. The number of likely N-dealkylation sites (tertiary alicyclic amines) is 1. The maximum atomic E-state index is 12.4. The Morgan fingerprint density at radius 2 is 1.40 bits per heavy atom. The molecule has 1 heterocycles. The third-order valence-corrected chi connectivity index (χ3v) is 7.49. The number of nitrogens with one attached hydrogen (secondary N) is 1. The second kappa shape index (κ2) is 25.3. The SMILES string of the molecule is CCCCCCCCOC(CCC(=O)OCC(C)COC(=O)NC1CCCN(CC)C1)OCCCCCCCC. The molecule has 1 aliphatic rings. The van der Waals surface area contributed by atoms with Crippen LogP contribution in [0.25, 0.3) is 0 Å². The number of esters is 1. The zero-order chi connectivity index (χ0) is 29.3. The van der Waals surface area contributed by atoms with E-state index in [2.05, 4.69) is 31.0 Å². The molecule has 0 spiro atoms. The van der Waals surface area contributed by atoms with Gasteiger partial charge in [-0.15, -0.1) is 0 Å². The van der Waals surface area contributed by atoms with Crippen LogP contribution in [-0.2, 0) is 23.7 Å². The van der Waals surface area contributed by atoms with Crippen molar-refractivity contribution in [1.29, 1.82) is 0 Å². The lowest BCUT2D eigenvalue weighted by molar-refractivity contribution is -0.160. The van der Waals surface area contributed by atoms with Gasteiger partial charge in [0.15, 0.2) is 6.29 Å². The molecule has 8 nitrogen and oxygen atoms in total. The molecular formula is C32H62N2O6. The Hall–Kier alpha value is -1.38. The Bertz CT molecular complexity index is 602. The van der Waals surface area contributed by atoms with Gasteiger partial charge < -0.3 is 29.2 Å². The van der Waals surface area contributed by atoms with Crippen LogP contribution in [0.5, 0.6) is 0 Å². The summed E-state index contributed by atoms with van der Waals surface area (Å²) in [5.41, 5.74) is 0. The Labute approximate surface area is 245 Å². The molecule has 0 radical (unpaired) electrons. The molecule has 0 aromatic carbocycles. The van der Waals surface area contributed by atoms with Gasteiger partial charge in [0, 0.05) is 38.1 Å². The smallest absolute Gasteiger partial charge is 0.407 e. The second-order valence-corrected chi connectivity index (χ2v) is 11.5. The topological polar surface area (TPSA) is 86.3 Å². The van der Waals surface area contributed by atoms with Crippen molar-refractivity contribution in [2.75, 3.05) is 46.1 Å². The predicted molar refractivity (Wildman–Crippen MR) is 161 cm³/mol. The van der Waals surface area contributed by atoms with Crippen LogP contribution in [0.4, 0.5) is 4.79 Å². The molecule has 8 heteroatoms. The first kappa shape index (κ1) is 36.6. The van der Waals surface area contributed by atoms with E-state index in [1.165, 1.54) is 64.2 Å². The van der Waals surface area contributed by atoms with Crippen LogP contribution in [0, 0.1) is 5.92 Å². The van der Waals surface area contributed by atoms with E-state index >= 15 is 0 Å². The van der Waals surface area contributed by atoms with Crippen LogP contribution in [0.15, 0.2) is 0 Å². The molecule has 0 aromatic heterocycles. The van der Waals surface area contributed by atoms with Gasteiger partial charge in [0.1, 0.15) is 0 Å². The molecule has 0 bridgehead atoms. The van der Waals surface area contributed by atoms with E-state index in [4.69, 9.17) is 18.9 Å². The molecule has 1 aliphatic heterocycles. The lowest BCUT2D eigenvalue weighted by atomic mass is 10.1. The predicted octanol–water partition coefficient (Wildman–Crippen LogP) is 7.24. The summed E-state index contributed by atoms with van der Waals surface area (Å²) in [5.74, 6) is -0.341. The Morgan fingerprint density at radius 3 is 2.00 bits per heavy atom. The minimum absolute atomic E-state index is 0.0723. The highest BCUT2D eigenvalue weighted by molar-refractivity contribution is 5.69. The fourth-order valence-electron chi connectivity index (χ4n) is 4.89. The Morgan fingerprint density at radius 1 is 0.825 bits per heavy atom. The highest BCUT2D eigenvalue weighted by Gasteiger charge is 2.21. The zero-order valence-corrected chi connectivity index (χ0v) is 26.4. The molecule has 236 valence electrons. The third-order valence-electron chi connectivity index (χ3n) is 7.49.